The van der Waals surface area contributed by atoms with E-state index in [0.717, 1.165) is 16.9 Å². The molecule has 2 aromatic carbocycles. The van der Waals surface area contributed by atoms with Crippen molar-refractivity contribution in [3.8, 4) is 11.5 Å². The van der Waals surface area contributed by atoms with Crippen molar-refractivity contribution in [2.24, 2.45) is 10.2 Å². The van der Waals surface area contributed by atoms with Gasteiger partial charge in [0, 0.05) is 42.9 Å². The summed E-state index contributed by atoms with van der Waals surface area (Å²) in [7, 11) is 0. The molecule has 2 heterocycles. The summed E-state index contributed by atoms with van der Waals surface area (Å²) in [4.78, 5) is 29.0. The van der Waals surface area contributed by atoms with Gasteiger partial charge in [0.2, 0.25) is 0 Å². The van der Waals surface area contributed by atoms with E-state index < -0.39 is 24.1 Å². The summed E-state index contributed by atoms with van der Waals surface area (Å²) in [5.74, 6) is -0.146. The summed E-state index contributed by atoms with van der Waals surface area (Å²) in [5, 5.41) is 17.3. The Hall–Kier alpha value is -4.70. The van der Waals surface area contributed by atoms with E-state index >= 15 is 0 Å². The van der Waals surface area contributed by atoms with Crippen LogP contribution in [0.4, 0.5) is 0 Å². The molecule has 0 saturated heterocycles. The van der Waals surface area contributed by atoms with Gasteiger partial charge in [0.15, 0.2) is 6.04 Å². The Morgan fingerprint density at radius 2 is 1.53 bits per heavy atom. The topological polar surface area (TPSA) is 189 Å². The molecule has 43 heavy (non-hydrogen) atoms. The third-order valence-electron chi connectivity index (χ3n) is 6.96. The zero-order valence-corrected chi connectivity index (χ0v) is 25.1. The van der Waals surface area contributed by atoms with Crippen molar-refractivity contribution in [3.05, 3.63) is 85.2 Å². The first-order valence-electron chi connectivity index (χ1n) is 13.8. The summed E-state index contributed by atoms with van der Waals surface area (Å²) in [5.41, 5.74) is 20.0. The molecule has 13 heteroatoms. The lowest BCUT2D eigenvalue weighted by Crippen LogP contribution is -2.28. The molecule has 1 N–H and O–H groups in total. The Bertz CT molecular complexity index is 1490. The van der Waals surface area contributed by atoms with Crippen LogP contribution in [0, 0.1) is 0 Å². The standard InChI is InChI=1S/C15H19N3O4.C15H17N3O3/c1-4-21-14(20)11(17-18-16)12(19)9-6-5-7-10-13(9)22-8-15(10,2)3;1-4-20-14(19)12(17-18-16)8-10-6-5-7-11-13(10)21-9-15(11,2)3/h5-7,11-12,19H,4,8H2,1-3H3;5-8H,4,9H2,1-3H3/b;12-8-. The van der Waals surface area contributed by atoms with Gasteiger partial charge < -0.3 is 24.1 Å². The number of carbonyl (C=O) groups is 2. The van der Waals surface area contributed by atoms with Gasteiger partial charge in [-0.2, -0.15) is 0 Å². The smallest absolute Gasteiger partial charge is 0.340 e. The molecule has 13 nitrogen and oxygen atoms in total. The van der Waals surface area contributed by atoms with Gasteiger partial charge in [-0.3, -0.25) is 4.79 Å². The monoisotopic (exact) mass is 592 g/mol. The average Bonchev–Trinajstić information content (AvgIpc) is 3.46. The number of hydrogen-bond acceptors (Lipinski definition) is 9. The van der Waals surface area contributed by atoms with Gasteiger partial charge in [0.1, 0.15) is 23.3 Å². The highest BCUT2D eigenvalue weighted by atomic mass is 16.5. The Kier molecular flexibility index (Phi) is 10.7. The van der Waals surface area contributed by atoms with Gasteiger partial charge in [-0.25, -0.2) is 4.79 Å². The van der Waals surface area contributed by atoms with Crippen molar-refractivity contribution in [1.29, 1.82) is 0 Å². The van der Waals surface area contributed by atoms with Crippen LogP contribution in [-0.4, -0.2) is 49.5 Å². The molecule has 0 saturated carbocycles. The summed E-state index contributed by atoms with van der Waals surface area (Å²) in [6, 6.07) is 9.72. The van der Waals surface area contributed by atoms with Gasteiger partial charge >= 0.3 is 11.9 Å². The van der Waals surface area contributed by atoms with Crippen LogP contribution in [0.1, 0.15) is 69.9 Å². The molecule has 2 aromatic rings. The highest BCUT2D eigenvalue weighted by Gasteiger charge is 2.38. The first-order chi connectivity index (χ1) is 20.4. The quantitative estimate of drug-likeness (QED) is 0.118. The van der Waals surface area contributed by atoms with Gasteiger partial charge in [0.25, 0.3) is 0 Å². The van der Waals surface area contributed by atoms with Crippen molar-refractivity contribution in [2.75, 3.05) is 26.4 Å². The van der Waals surface area contributed by atoms with E-state index in [4.69, 9.17) is 30.0 Å². The molecule has 0 spiro atoms. The predicted molar refractivity (Wildman–Crippen MR) is 158 cm³/mol. The molecule has 0 amide bonds. The molecule has 0 radical (unpaired) electrons. The molecule has 0 aromatic heterocycles. The highest BCUT2D eigenvalue weighted by molar-refractivity contribution is 5.93. The lowest BCUT2D eigenvalue weighted by molar-refractivity contribution is -0.147. The van der Waals surface area contributed by atoms with Gasteiger partial charge in [-0.1, -0.05) is 74.3 Å². The number of esters is 2. The zero-order valence-electron chi connectivity index (χ0n) is 25.1. The second-order valence-corrected chi connectivity index (χ2v) is 11.1. The number of para-hydroxylation sites is 2. The van der Waals surface area contributed by atoms with E-state index in [1.807, 2.05) is 38.1 Å². The maximum Gasteiger partial charge on any atom is 0.340 e. The zero-order chi connectivity index (χ0) is 31.8. The minimum atomic E-state index is -1.34. The molecule has 0 fully saturated rings. The number of hydrogen-bond donors (Lipinski definition) is 1. The number of aliphatic hydroxyl groups excluding tert-OH is 1. The van der Waals surface area contributed by atoms with Crippen LogP contribution in [0.25, 0.3) is 27.0 Å². The summed E-state index contributed by atoms with van der Waals surface area (Å²) < 4.78 is 21.2. The van der Waals surface area contributed by atoms with Crippen molar-refractivity contribution < 1.29 is 33.6 Å². The first-order valence-corrected chi connectivity index (χ1v) is 13.8. The van der Waals surface area contributed by atoms with Crippen LogP contribution in [0.2, 0.25) is 0 Å². The highest BCUT2D eigenvalue weighted by Crippen LogP contribution is 2.44. The third kappa shape index (κ3) is 7.39. The lowest BCUT2D eigenvalue weighted by atomic mass is 9.85. The van der Waals surface area contributed by atoms with E-state index in [9.17, 15) is 14.7 Å². The maximum absolute atomic E-state index is 11.9. The van der Waals surface area contributed by atoms with E-state index in [1.54, 1.807) is 26.0 Å². The van der Waals surface area contributed by atoms with Crippen LogP contribution in [0.3, 0.4) is 0 Å². The molecule has 2 aliphatic heterocycles. The van der Waals surface area contributed by atoms with Crippen LogP contribution in [-0.2, 0) is 29.9 Å². The Balaban J connectivity index is 0.000000236. The first kappa shape index (κ1) is 32.8. The largest absolute Gasteiger partial charge is 0.492 e. The van der Waals surface area contributed by atoms with E-state index in [1.165, 1.54) is 6.08 Å². The molecule has 4 rings (SSSR count). The SMILES string of the molecule is CCOC(=O)/C(=C/c1cccc2c1OCC2(C)C)N=[N+]=[N-].CCOC(=O)C(N=[N+]=[N-])C(O)c1cccc2c1OCC2(C)C. The van der Waals surface area contributed by atoms with Crippen molar-refractivity contribution in [1.82, 2.24) is 0 Å². The van der Waals surface area contributed by atoms with Crippen LogP contribution in [0.15, 0.2) is 52.3 Å². The van der Waals surface area contributed by atoms with Crippen molar-refractivity contribution in [3.63, 3.8) is 0 Å². The van der Waals surface area contributed by atoms with E-state index in [-0.39, 0.29) is 29.7 Å². The van der Waals surface area contributed by atoms with Crippen molar-refractivity contribution in [2.45, 2.75) is 64.5 Å². The van der Waals surface area contributed by atoms with Crippen LogP contribution in [0.5, 0.6) is 11.5 Å². The van der Waals surface area contributed by atoms with Crippen LogP contribution < -0.4 is 9.47 Å². The average molecular weight is 593 g/mol. The maximum atomic E-state index is 11.9. The third-order valence-corrected chi connectivity index (χ3v) is 6.96. The predicted octanol–water partition coefficient (Wildman–Crippen LogP) is 6.20. The normalized spacial score (nSPS) is 16.7. The molecule has 228 valence electrons. The number of rotatable bonds is 9. The van der Waals surface area contributed by atoms with Crippen LogP contribution >= 0.6 is 0 Å². The fraction of sp³-hybridized carbons (Fsp3) is 0.467. The number of benzene rings is 2. The number of aliphatic hydroxyl groups is 1. The molecule has 2 atom stereocenters. The van der Waals surface area contributed by atoms with Gasteiger partial charge in [-0.15, -0.1) is 0 Å². The Labute approximate surface area is 249 Å². The molecule has 0 aliphatic carbocycles. The number of carbonyl (C=O) groups excluding carboxylic acids is 2. The Morgan fingerprint density at radius 3 is 2.12 bits per heavy atom. The van der Waals surface area contributed by atoms with Gasteiger partial charge in [0.05, 0.1) is 26.4 Å². The summed E-state index contributed by atoms with van der Waals surface area (Å²) in [6.07, 6.45) is 0.177. The number of azide groups is 2. The number of fused-ring (bicyclic) bond motifs is 2. The number of nitrogens with zero attached hydrogens (tertiary/aromatic N) is 6. The molecule has 2 unspecified atom stereocenters. The molecule has 0 bridgehead atoms. The molecule has 2 aliphatic rings. The second-order valence-electron chi connectivity index (χ2n) is 11.1. The lowest BCUT2D eigenvalue weighted by Gasteiger charge is -2.20. The summed E-state index contributed by atoms with van der Waals surface area (Å²) in [6.45, 7) is 13.0. The minimum Gasteiger partial charge on any atom is -0.492 e. The van der Waals surface area contributed by atoms with E-state index in [0.29, 0.717) is 30.1 Å². The van der Waals surface area contributed by atoms with Gasteiger partial charge in [-0.05, 0) is 31.0 Å². The Morgan fingerprint density at radius 1 is 0.953 bits per heavy atom. The second kappa shape index (κ2) is 14.0. The van der Waals surface area contributed by atoms with E-state index in [2.05, 4.69) is 33.9 Å². The molecular formula is C30H36N6O7. The summed E-state index contributed by atoms with van der Waals surface area (Å²) >= 11 is 0. The van der Waals surface area contributed by atoms with Crippen molar-refractivity contribution >= 4 is 18.0 Å². The minimum absolute atomic E-state index is 0.0816. The fourth-order valence-electron chi connectivity index (χ4n) is 4.73. The number of ether oxygens (including phenoxy) is 4. The fourth-order valence-corrected chi connectivity index (χ4v) is 4.73. The molecular weight excluding hydrogens is 556 g/mol.